The standard InChI is InChI=1S/C30H23ClN2O5/c1-3-26(35)38-28(25(34)20-19-22-13-7-4-8-14-22)27(23-15-9-5-10-16-23)30(37)33(32-29(36)21(2)31)24-17-11-6-12-18-24/h3-20H,1-2H2,(H,32,36). The quantitative estimate of drug-likeness (QED) is 0.178. The lowest BCUT2D eigenvalue weighted by atomic mass is 10.0. The van der Waals surface area contributed by atoms with E-state index in [1.165, 1.54) is 12.2 Å². The van der Waals surface area contributed by atoms with E-state index in [9.17, 15) is 19.2 Å². The van der Waals surface area contributed by atoms with E-state index in [2.05, 4.69) is 18.6 Å². The summed E-state index contributed by atoms with van der Waals surface area (Å²) in [6, 6.07) is 25.2. The van der Waals surface area contributed by atoms with Crippen LogP contribution in [-0.2, 0) is 23.9 Å². The lowest BCUT2D eigenvalue weighted by Crippen LogP contribution is -2.47. The van der Waals surface area contributed by atoms with Gasteiger partial charge in [-0.15, -0.1) is 0 Å². The van der Waals surface area contributed by atoms with Gasteiger partial charge in [0.25, 0.3) is 11.8 Å². The Balaban J connectivity index is 2.23. The summed E-state index contributed by atoms with van der Waals surface area (Å²) in [6.07, 6.45) is 3.57. The second-order valence-corrected chi connectivity index (χ2v) is 8.08. The number of hydrogen-bond donors (Lipinski definition) is 1. The lowest BCUT2D eigenvalue weighted by molar-refractivity contribution is -0.136. The maximum Gasteiger partial charge on any atom is 0.335 e. The third-order valence-electron chi connectivity index (χ3n) is 5.00. The van der Waals surface area contributed by atoms with Gasteiger partial charge < -0.3 is 4.74 Å². The van der Waals surface area contributed by atoms with E-state index >= 15 is 0 Å². The normalized spacial score (nSPS) is 11.2. The van der Waals surface area contributed by atoms with E-state index in [0.717, 1.165) is 11.1 Å². The van der Waals surface area contributed by atoms with Crippen molar-refractivity contribution >= 4 is 52.5 Å². The number of carbonyl (C=O) groups is 4. The van der Waals surface area contributed by atoms with Crippen molar-refractivity contribution in [3.05, 3.63) is 138 Å². The molecule has 0 aliphatic heterocycles. The molecule has 0 unspecified atom stereocenters. The van der Waals surface area contributed by atoms with Crippen LogP contribution in [0.25, 0.3) is 11.6 Å². The smallest absolute Gasteiger partial charge is 0.335 e. The zero-order valence-electron chi connectivity index (χ0n) is 20.2. The Morgan fingerprint density at radius 1 is 0.842 bits per heavy atom. The minimum Gasteiger partial charge on any atom is -0.418 e. The molecule has 0 atom stereocenters. The van der Waals surface area contributed by atoms with Crippen LogP contribution >= 0.6 is 11.6 Å². The molecule has 38 heavy (non-hydrogen) atoms. The number of rotatable bonds is 9. The van der Waals surface area contributed by atoms with Crippen molar-refractivity contribution in [1.82, 2.24) is 5.43 Å². The summed E-state index contributed by atoms with van der Waals surface area (Å²) in [6.45, 7) is 6.77. The first-order valence-electron chi connectivity index (χ1n) is 11.3. The number of hydrogen-bond acceptors (Lipinski definition) is 5. The molecule has 0 radical (unpaired) electrons. The summed E-state index contributed by atoms with van der Waals surface area (Å²) >= 11 is 5.76. The number of carbonyl (C=O) groups excluding carboxylic acids is 4. The fourth-order valence-corrected chi connectivity index (χ4v) is 3.26. The van der Waals surface area contributed by atoms with Crippen molar-refractivity contribution in [3.63, 3.8) is 0 Å². The first-order valence-corrected chi connectivity index (χ1v) is 11.7. The molecule has 190 valence electrons. The minimum atomic E-state index is -0.952. The topological polar surface area (TPSA) is 92.8 Å². The summed E-state index contributed by atoms with van der Waals surface area (Å²) in [7, 11) is 0. The third kappa shape index (κ3) is 7.25. The number of esters is 1. The van der Waals surface area contributed by atoms with E-state index in [1.54, 1.807) is 84.9 Å². The summed E-state index contributed by atoms with van der Waals surface area (Å²) < 4.78 is 5.34. The number of nitrogens with one attached hydrogen (secondary N) is 1. The predicted molar refractivity (Wildman–Crippen MR) is 147 cm³/mol. The Kier molecular flexibility index (Phi) is 9.68. The highest BCUT2D eigenvalue weighted by Crippen LogP contribution is 2.26. The van der Waals surface area contributed by atoms with E-state index in [4.69, 9.17) is 16.3 Å². The molecule has 3 aromatic rings. The molecule has 0 aliphatic carbocycles. The van der Waals surface area contributed by atoms with E-state index in [1.807, 2.05) is 6.07 Å². The van der Waals surface area contributed by atoms with Crippen molar-refractivity contribution in [3.8, 4) is 0 Å². The first-order chi connectivity index (χ1) is 18.3. The van der Waals surface area contributed by atoms with Gasteiger partial charge in [0.05, 0.1) is 16.3 Å². The van der Waals surface area contributed by atoms with E-state index in [-0.39, 0.29) is 21.9 Å². The van der Waals surface area contributed by atoms with Crippen molar-refractivity contribution in [2.75, 3.05) is 5.01 Å². The Hall–Kier alpha value is -5.01. The van der Waals surface area contributed by atoms with Crippen LogP contribution in [0.5, 0.6) is 0 Å². The molecule has 7 nitrogen and oxygen atoms in total. The number of para-hydroxylation sites is 1. The lowest BCUT2D eigenvalue weighted by Gasteiger charge is -2.25. The Morgan fingerprint density at radius 3 is 1.95 bits per heavy atom. The predicted octanol–water partition coefficient (Wildman–Crippen LogP) is 5.23. The SMILES string of the molecule is C=CC(=O)OC(C(=O)C=Cc1ccccc1)=C(C(=O)N(NC(=O)C(=C)Cl)c1ccccc1)c1ccccc1. The molecule has 3 aromatic carbocycles. The summed E-state index contributed by atoms with van der Waals surface area (Å²) in [5.74, 6) is -4.00. The Bertz CT molecular complexity index is 1410. The van der Waals surface area contributed by atoms with Crippen molar-refractivity contribution in [1.29, 1.82) is 0 Å². The molecule has 0 aromatic heterocycles. The Morgan fingerprint density at radius 2 is 1.39 bits per heavy atom. The highest BCUT2D eigenvalue weighted by atomic mass is 35.5. The molecule has 0 heterocycles. The number of allylic oxidation sites excluding steroid dienone is 1. The monoisotopic (exact) mass is 526 g/mol. The zero-order chi connectivity index (χ0) is 27.5. The molecule has 1 N–H and O–H groups in total. The van der Waals surface area contributed by atoms with E-state index < -0.39 is 29.3 Å². The van der Waals surface area contributed by atoms with Crippen LogP contribution in [0, 0.1) is 0 Å². The van der Waals surface area contributed by atoms with Crippen molar-refractivity contribution < 1.29 is 23.9 Å². The van der Waals surface area contributed by atoms with Crippen LogP contribution in [0.4, 0.5) is 5.69 Å². The summed E-state index contributed by atoms with van der Waals surface area (Å²) in [4.78, 5) is 52.2. The number of hydrazine groups is 1. The molecule has 2 amide bonds. The van der Waals surface area contributed by atoms with E-state index in [0.29, 0.717) is 5.56 Å². The third-order valence-corrected chi connectivity index (χ3v) is 5.17. The largest absolute Gasteiger partial charge is 0.418 e. The number of anilines is 1. The van der Waals surface area contributed by atoms with Crippen LogP contribution in [-0.4, -0.2) is 23.6 Å². The second-order valence-electron chi connectivity index (χ2n) is 7.63. The van der Waals surface area contributed by atoms with Crippen LogP contribution in [0.1, 0.15) is 11.1 Å². The average Bonchev–Trinajstić information content (AvgIpc) is 2.95. The molecule has 0 fully saturated rings. The van der Waals surface area contributed by atoms with Gasteiger partial charge in [-0.05, 0) is 29.3 Å². The fourth-order valence-electron chi connectivity index (χ4n) is 3.22. The minimum absolute atomic E-state index is 0.249. The van der Waals surface area contributed by atoms with Crippen LogP contribution < -0.4 is 10.4 Å². The average molecular weight is 527 g/mol. The number of halogens is 1. The van der Waals surface area contributed by atoms with Gasteiger partial charge in [-0.1, -0.05) is 110 Å². The van der Waals surface area contributed by atoms with Gasteiger partial charge in [-0.3, -0.25) is 19.8 Å². The van der Waals surface area contributed by atoms with Gasteiger partial charge in [-0.25, -0.2) is 9.80 Å². The molecule has 0 spiro atoms. The number of amides is 2. The fraction of sp³-hybridized carbons (Fsp3) is 0. The molecular formula is C30H23ClN2O5. The zero-order valence-corrected chi connectivity index (χ0v) is 20.9. The van der Waals surface area contributed by atoms with Crippen molar-refractivity contribution in [2.45, 2.75) is 0 Å². The molecule has 0 saturated carbocycles. The maximum atomic E-state index is 14.1. The number of benzene rings is 3. The molecular weight excluding hydrogens is 504 g/mol. The molecule has 8 heteroatoms. The highest BCUT2D eigenvalue weighted by molar-refractivity contribution is 6.42. The number of ether oxygens (including phenoxy) is 1. The van der Waals surface area contributed by atoms with Crippen molar-refractivity contribution in [2.24, 2.45) is 0 Å². The second kappa shape index (κ2) is 13.3. The van der Waals surface area contributed by atoms with Gasteiger partial charge in [0.2, 0.25) is 5.78 Å². The van der Waals surface area contributed by atoms with Gasteiger partial charge in [-0.2, -0.15) is 0 Å². The van der Waals surface area contributed by atoms with Gasteiger partial charge >= 0.3 is 5.97 Å². The molecule has 3 rings (SSSR count). The summed E-state index contributed by atoms with van der Waals surface area (Å²) in [5.41, 5.74) is 3.32. The highest BCUT2D eigenvalue weighted by Gasteiger charge is 2.30. The first kappa shape index (κ1) is 27.6. The molecule has 0 aliphatic rings. The number of ketones is 1. The maximum absolute atomic E-state index is 14.1. The van der Waals surface area contributed by atoms with Crippen LogP contribution in [0.15, 0.2) is 127 Å². The molecule has 0 bridgehead atoms. The Labute approximate surface area is 225 Å². The van der Waals surface area contributed by atoms with Gasteiger partial charge in [0.1, 0.15) is 0 Å². The van der Waals surface area contributed by atoms with Crippen LogP contribution in [0.2, 0.25) is 0 Å². The molecule has 0 saturated heterocycles. The van der Waals surface area contributed by atoms with Gasteiger partial charge in [0, 0.05) is 6.08 Å². The number of nitrogens with zero attached hydrogens (tertiary/aromatic N) is 1. The van der Waals surface area contributed by atoms with Gasteiger partial charge in [0.15, 0.2) is 5.76 Å². The van der Waals surface area contributed by atoms with Crippen LogP contribution in [0.3, 0.4) is 0 Å². The summed E-state index contributed by atoms with van der Waals surface area (Å²) in [5, 5.41) is 0.526.